The van der Waals surface area contributed by atoms with Gasteiger partial charge < -0.3 is 9.47 Å². The molecule has 3 heterocycles. The number of nitrogens with two attached hydrogens (primary N) is 1. The lowest BCUT2D eigenvalue weighted by Crippen LogP contribution is -2.45. The number of ether oxygens (including phenoxy) is 2. The van der Waals surface area contributed by atoms with E-state index in [1.54, 1.807) is 6.20 Å². The Balaban J connectivity index is 1.81. The van der Waals surface area contributed by atoms with Crippen molar-refractivity contribution in [3.8, 4) is 0 Å². The minimum atomic E-state index is -0.112. The zero-order valence-electron chi connectivity index (χ0n) is 11.3. The van der Waals surface area contributed by atoms with Crippen molar-refractivity contribution in [2.24, 2.45) is 11.8 Å². The van der Waals surface area contributed by atoms with E-state index in [1.165, 1.54) is 0 Å². The number of hydrogen-bond acceptors (Lipinski definition) is 5. The fraction of sp³-hybridized carbons (Fsp3) is 0.643. The van der Waals surface area contributed by atoms with Crippen molar-refractivity contribution in [3.05, 3.63) is 28.5 Å². The average Bonchev–Trinajstić information content (AvgIpc) is 2.90. The molecule has 0 bridgehead atoms. The molecule has 2 fully saturated rings. The standard InChI is InChI=1S/C14H20BrN3O2/c15-11-2-1-5-17-13(11)12(18-16)10-3-6-20-14(8-10)4-7-19-9-14/h1-2,5,10,12,18H,3-4,6-9,16H2. The number of hydrazine groups is 1. The van der Waals surface area contributed by atoms with Gasteiger partial charge in [0.1, 0.15) is 0 Å². The smallest absolute Gasteiger partial charge is 0.0940 e. The minimum Gasteiger partial charge on any atom is -0.378 e. The lowest BCUT2D eigenvalue weighted by Gasteiger charge is -2.40. The summed E-state index contributed by atoms with van der Waals surface area (Å²) in [5, 5.41) is 0. The molecule has 20 heavy (non-hydrogen) atoms. The molecule has 1 spiro atoms. The summed E-state index contributed by atoms with van der Waals surface area (Å²) in [4.78, 5) is 4.48. The van der Waals surface area contributed by atoms with E-state index in [1.807, 2.05) is 12.1 Å². The van der Waals surface area contributed by atoms with Crippen molar-refractivity contribution in [1.29, 1.82) is 0 Å². The van der Waals surface area contributed by atoms with E-state index in [-0.39, 0.29) is 11.6 Å². The second-order valence-corrected chi connectivity index (χ2v) is 6.46. The lowest BCUT2D eigenvalue weighted by atomic mass is 9.80. The molecule has 2 saturated heterocycles. The van der Waals surface area contributed by atoms with Gasteiger partial charge in [-0.05, 0) is 46.8 Å². The molecular weight excluding hydrogens is 322 g/mol. The van der Waals surface area contributed by atoms with Crippen LogP contribution in [0.1, 0.15) is 31.0 Å². The first kappa shape index (κ1) is 14.4. The van der Waals surface area contributed by atoms with Crippen LogP contribution in [0.5, 0.6) is 0 Å². The highest BCUT2D eigenvalue weighted by atomic mass is 79.9. The van der Waals surface area contributed by atoms with Gasteiger partial charge in [0.25, 0.3) is 0 Å². The maximum absolute atomic E-state index is 5.99. The van der Waals surface area contributed by atoms with Crippen LogP contribution in [0.2, 0.25) is 0 Å². The van der Waals surface area contributed by atoms with Crippen LogP contribution in [-0.2, 0) is 9.47 Å². The van der Waals surface area contributed by atoms with Crippen LogP contribution in [0.25, 0.3) is 0 Å². The Hall–Kier alpha value is -0.530. The quantitative estimate of drug-likeness (QED) is 0.649. The van der Waals surface area contributed by atoms with E-state index in [4.69, 9.17) is 15.3 Å². The first-order valence-electron chi connectivity index (χ1n) is 7.02. The second-order valence-electron chi connectivity index (χ2n) is 5.60. The van der Waals surface area contributed by atoms with E-state index in [2.05, 4.69) is 26.3 Å². The zero-order valence-corrected chi connectivity index (χ0v) is 12.9. The SMILES string of the molecule is NNC(c1ncccc1Br)C1CCOC2(CCOC2)C1. The third-order valence-corrected chi connectivity index (χ3v) is 5.00. The van der Waals surface area contributed by atoms with Gasteiger partial charge in [-0.2, -0.15) is 0 Å². The summed E-state index contributed by atoms with van der Waals surface area (Å²) in [5.41, 5.74) is 3.80. The van der Waals surface area contributed by atoms with Crippen LogP contribution < -0.4 is 11.3 Å². The van der Waals surface area contributed by atoms with E-state index >= 15 is 0 Å². The number of hydrogen-bond donors (Lipinski definition) is 2. The number of halogens is 1. The molecule has 110 valence electrons. The van der Waals surface area contributed by atoms with E-state index in [0.717, 1.165) is 42.6 Å². The van der Waals surface area contributed by atoms with Gasteiger partial charge in [-0.15, -0.1) is 0 Å². The van der Waals surface area contributed by atoms with Crippen LogP contribution in [0.3, 0.4) is 0 Å². The Kier molecular flexibility index (Phi) is 4.37. The van der Waals surface area contributed by atoms with E-state index in [9.17, 15) is 0 Å². The monoisotopic (exact) mass is 341 g/mol. The maximum atomic E-state index is 5.99. The Morgan fingerprint density at radius 3 is 3.10 bits per heavy atom. The van der Waals surface area contributed by atoms with Gasteiger partial charge in [0.15, 0.2) is 0 Å². The van der Waals surface area contributed by atoms with Crippen LogP contribution in [0.4, 0.5) is 0 Å². The van der Waals surface area contributed by atoms with Gasteiger partial charge >= 0.3 is 0 Å². The van der Waals surface area contributed by atoms with Crippen molar-refractivity contribution in [3.63, 3.8) is 0 Å². The Morgan fingerprint density at radius 2 is 2.40 bits per heavy atom. The molecule has 1 aromatic heterocycles. The highest BCUT2D eigenvalue weighted by molar-refractivity contribution is 9.10. The number of nitrogens with zero attached hydrogens (tertiary/aromatic N) is 1. The van der Waals surface area contributed by atoms with Crippen molar-refractivity contribution >= 4 is 15.9 Å². The van der Waals surface area contributed by atoms with Crippen LogP contribution in [-0.4, -0.2) is 30.4 Å². The van der Waals surface area contributed by atoms with E-state index in [0.29, 0.717) is 12.5 Å². The average molecular weight is 342 g/mol. The molecule has 3 unspecified atom stereocenters. The predicted octanol–water partition coefficient (Wildman–Crippen LogP) is 1.93. The van der Waals surface area contributed by atoms with Gasteiger partial charge in [-0.1, -0.05) is 0 Å². The molecule has 0 saturated carbocycles. The van der Waals surface area contributed by atoms with Crippen molar-refractivity contribution < 1.29 is 9.47 Å². The molecule has 0 aromatic carbocycles. The summed E-state index contributed by atoms with van der Waals surface area (Å²) >= 11 is 3.57. The second kappa shape index (κ2) is 6.07. The molecule has 0 amide bonds. The summed E-state index contributed by atoms with van der Waals surface area (Å²) in [6.45, 7) is 2.25. The van der Waals surface area contributed by atoms with Gasteiger partial charge in [-0.25, -0.2) is 0 Å². The first-order valence-corrected chi connectivity index (χ1v) is 7.82. The van der Waals surface area contributed by atoms with Crippen LogP contribution in [0, 0.1) is 5.92 Å². The maximum Gasteiger partial charge on any atom is 0.0940 e. The molecule has 0 radical (unpaired) electrons. The topological polar surface area (TPSA) is 69.4 Å². The fourth-order valence-corrected chi connectivity index (χ4v) is 3.78. The number of nitrogens with one attached hydrogen (secondary N) is 1. The van der Waals surface area contributed by atoms with E-state index < -0.39 is 0 Å². The highest BCUT2D eigenvalue weighted by Crippen LogP contribution is 2.41. The fourth-order valence-electron chi connectivity index (χ4n) is 3.28. The first-order chi connectivity index (χ1) is 9.74. The molecule has 3 N–H and O–H groups in total. The largest absolute Gasteiger partial charge is 0.378 e. The molecule has 6 heteroatoms. The molecule has 5 nitrogen and oxygen atoms in total. The predicted molar refractivity (Wildman–Crippen MR) is 78.8 cm³/mol. The van der Waals surface area contributed by atoms with Crippen LogP contribution >= 0.6 is 15.9 Å². The summed E-state index contributed by atoms with van der Waals surface area (Å²) in [7, 11) is 0. The summed E-state index contributed by atoms with van der Waals surface area (Å²) in [6.07, 6.45) is 4.73. The molecule has 2 aliphatic heterocycles. The Labute approximate surface area is 127 Å². The van der Waals surface area contributed by atoms with Gasteiger partial charge in [0, 0.05) is 30.3 Å². The number of aromatic nitrogens is 1. The lowest BCUT2D eigenvalue weighted by molar-refractivity contribution is -0.103. The minimum absolute atomic E-state index is 0.0342. The molecule has 1 aromatic rings. The van der Waals surface area contributed by atoms with Gasteiger partial charge in [0.05, 0.1) is 23.9 Å². The van der Waals surface area contributed by atoms with Crippen LogP contribution in [0.15, 0.2) is 22.8 Å². The highest BCUT2D eigenvalue weighted by Gasteiger charge is 2.43. The number of rotatable bonds is 3. The molecule has 3 rings (SSSR count). The molecule has 3 atom stereocenters. The zero-order chi connectivity index (χ0) is 14.0. The summed E-state index contributed by atoms with van der Waals surface area (Å²) in [5.74, 6) is 6.21. The number of pyridine rings is 1. The third kappa shape index (κ3) is 2.76. The molecule has 2 aliphatic rings. The third-order valence-electron chi connectivity index (χ3n) is 4.33. The molecule has 0 aliphatic carbocycles. The van der Waals surface area contributed by atoms with Crippen molar-refractivity contribution in [1.82, 2.24) is 10.4 Å². The van der Waals surface area contributed by atoms with Crippen molar-refractivity contribution in [2.75, 3.05) is 19.8 Å². The van der Waals surface area contributed by atoms with Gasteiger partial charge in [-0.3, -0.25) is 16.3 Å². The van der Waals surface area contributed by atoms with Crippen molar-refractivity contribution in [2.45, 2.75) is 30.9 Å². The summed E-state index contributed by atoms with van der Waals surface area (Å²) < 4.78 is 12.5. The summed E-state index contributed by atoms with van der Waals surface area (Å²) in [6, 6.07) is 3.95. The van der Waals surface area contributed by atoms with Gasteiger partial charge in [0.2, 0.25) is 0 Å². The Morgan fingerprint density at radius 1 is 1.50 bits per heavy atom. The molecular formula is C14H20BrN3O2. The Bertz CT molecular complexity index is 465. The normalized spacial score (nSPS) is 31.6.